The summed E-state index contributed by atoms with van der Waals surface area (Å²) in [5.74, 6) is 0.753. The van der Waals surface area contributed by atoms with Crippen molar-refractivity contribution in [2.24, 2.45) is 22.7 Å². The molecule has 1 saturated carbocycles. The molecular formula is C25H36O5. The summed E-state index contributed by atoms with van der Waals surface area (Å²) in [6.07, 6.45) is 10.9. The van der Waals surface area contributed by atoms with E-state index in [2.05, 4.69) is 19.9 Å². The van der Waals surface area contributed by atoms with Crippen molar-refractivity contribution in [3.05, 3.63) is 23.3 Å². The van der Waals surface area contributed by atoms with Crippen LogP contribution in [0.25, 0.3) is 0 Å². The monoisotopic (exact) mass is 416 g/mol. The molecule has 5 heteroatoms. The number of aliphatic hydroxyl groups excluding tert-OH is 1. The second-order valence-electron chi connectivity index (χ2n) is 9.91. The molecular weight excluding hydrogens is 380 g/mol. The summed E-state index contributed by atoms with van der Waals surface area (Å²) < 4.78 is 4.95. The number of Topliss-reactive ketones (excluding diaryl/α,β-unsaturated/α-hetero) is 1. The van der Waals surface area contributed by atoms with E-state index in [9.17, 15) is 19.5 Å². The predicted octanol–water partition coefficient (Wildman–Crippen LogP) is 4.33. The fraction of sp³-hybridized carbons (Fsp3) is 0.720. The van der Waals surface area contributed by atoms with Gasteiger partial charge >= 0.3 is 5.97 Å². The lowest BCUT2D eigenvalue weighted by atomic mass is 9.50. The third kappa shape index (κ3) is 4.61. The number of carbonyl (C=O) groups excluding carboxylic acids is 3. The van der Waals surface area contributed by atoms with Gasteiger partial charge in [0, 0.05) is 38.2 Å². The highest BCUT2D eigenvalue weighted by molar-refractivity contribution is 5.92. The summed E-state index contributed by atoms with van der Waals surface area (Å²) in [6, 6.07) is 0. The molecule has 0 bridgehead atoms. The molecule has 3 aliphatic carbocycles. The average Bonchev–Trinajstić information content (AvgIpc) is 2.67. The third-order valence-electron chi connectivity index (χ3n) is 7.81. The number of allylic oxidation sites excluding steroid dienone is 4. The molecule has 2 unspecified atom stereocenters. The van der Waals surface area contributed by atoms with Crippen molar-refractivity contribution in [3.63, 3.8) is 0 Å². The van der Waals surface area contributed by atoms with Gasteiger partial charge in [-0.3, -0.25) is 14.4 Å². The maximum atomic E-state index is 12.7. The topological polar surface area (TPSA) is 80.7 Å². The molecule has 5 nitrogen and oxygen atoms in total. The molecule has 0 spiro atoms. The first kappa shape index (κ1) is 22.9. The summed E-state index contributed by atoms with van der Waals surface area (Å²) in [5, 5.41) is 9.50. The summed E-state index contributed by atoms with van der Waals surface area (Å²) in [6.45, 7) is 6.17. The number of esters is 1. The zero-order valence-electron chi connectivity index (χ0n) is 18.7. The summed E-state index contributed by atoms with van der Waals surface area (Å²) in [7, 11) is 0. The summed E-state index contributed by atoms with van der Waals surface area (Å²) in [4.78, 5) is 35.7. The number of ketones is 2. The van der Waals surface area contributed by atoms with Crippen LogP contribution in [0.2, 0.25) is 0 Å². The number of hydrogen-bond donors (Lipinski definition) is 1. The Balaban J connectivity index is 1.83. The molecule has 1 fully saturated rings. The molecule has 0 radical (unpaired) electrons. The van der Waals surface area contributed by atoms with Gasteiger partial charge in [0.1, 0.15) is 5.78 Å². The van der Waals surface area contributed by atoms with Crippen LogP contribution in [0.3, 0.4) is 0 Å². The van der Waals surface area contributed by atoms with Crippen molar-refractivity contribution in [1.29, 1.82) is 0 Å². The standard InChI is InChI=1S/C25H36O5/c1-17(27)30-14-10-20(29)16-24(2)11-9-23-21(22(24)5-4-13-26)7-6-18-15-19(28)8-12-25(18,23)3/h9,15,21-22,26H,4-8,10-14,16H2,1-3H3/t21?,22?,24-,25+/m1/s1. The van der Waals surface area contributed by atoms with Crippen LogP contribution >= 0.6 is 0 Å². The van der Waals surface area contributed by atoms with Gasteiger partial charge in [-0.25, -0.2) is 0 Å². The van der Waals surface area contributed by atoms with E-state index in [-0.39, 0.29) is 48.0 Å². The van der Waals surface area contributed by atoms with Crippen LogP contribution in [-0.4, -0.2) is 35.9 Å². The second kappa shape index (κ2) is 9.17. The Labute approximate surface area is 179 Å². The van der Waals surface area contributed by atoms with E-state index in [0.29, 0.717) is 24.7 Å². The quantitative estimate of drug-likeness (QED) is 0.470. The lowest BCUT2D eigenvalue weighted by Crippen LogP contribution is -2.45. The van der Waals surface area contributed by atoms with Gasteiger partial charge in [0.15, 0.2) is 5.78 Å². The van der Waals surface area contributed by atoms with Crippen molar-refractivity contribution in [1.82, 2.24) is 0 Å². The summed E-state index contributed by atoms with van der Waals surface area (Å²) >= 11 is 0. The maximum Gasteiger partial charge on any atom is 0.302 e. The van der Waals surface area contributed by atoms with Crippen LogP contribution in [0.5, 0.6) is 0 Å². The number of hydrogen-bond acceptors (Lipinski definition) is 5. The number of carbonyl (C=O) groups is 3. The number of aliphatic hydroxyl groups is 1. The fourth-order valence-electron chi connectivity index (χ4n) is 6.20. The molecule has 0 aromatic rings. The third-order valence-corrected chi connectivity index (χ3v) is 7.81. The van der Waals surface area contributed by atoms with E-state index in [0.717, 1.165) is 38.5 Å². The fourth-order valence-corrected chi connectivity index (χ4v) is 6.20. The van der Waals surface area contributed by atoms with Crippen molar-refractivity contribution in [2.75, 3.05) is 13.2 Å². The number of fused-ring (bicyclic) bond motifs is 3. The van der Waals surface area contributed by atoms with Gasteiger partial charge in [0.25, 0.3) is 0 Å². The Hall–Kier alpha value is -1.75. The summed E-state index contributed by atoms with van der Waals surface area (Å²) in [5.41, 5.74) is 2.55. The Morgan fingerprint density at radius 1 is 1.27 bits per heavy atom. The van der Waals surface area contributed by atoms with Crippen molar-refractivity contribution >= 4 is 17.5 Å². The minimum absolute atomic E-state index is 0.0328. The maximum absolute atomic E-state index is 12.7. The molecule has 166 valence electrons. The van der Waals surface area contributed by atoms with Crippen LogP contribution < -0.4 is 0 Å². The molecule has 0 aromatic carbocycles. The van der Waals surface area contributed by atoms with Gasteiger partial charge < -0.3 is 9.84 Å². The highest BCUT2D eigenvalue weighted by Crippen LogP contribution is 2.60. The van der Waals surface area contributed by atoms with Crippen molar-refractivity contribution in [3.8, 4) is 0 Å². The number of ether oxygens (including phenoxy) is 1. The van der Waals surface area contributed by atoms with E-state index in [1.165, 1.54) is 18.1 Å². The van der Waals surface area contributed by atoms with Gasteiger partial charge in [0.2, 0.25) is 0 Å². The van der Waals surface area contributed by atoms with Crippen LogP contribution in [0.1, 0.15) is 78.6 Å². The zero-order chi connectivity index (χ0) is 21.9. The predicted molar refractivity (Wildman–Crippen MR) is 115 cm³/mol. The smallest absolute Gasteiger partial charge is 0.302 e. The molecule has 3 aliphatic rings. The first-order chi connectivity index (χ1) is 14.2. The van der Waals surface area contributed by atoms with Crippen LogP contribution in [0.4, 0.5) is 0 Å². The SMILES string of the molecule is CC(=O)OCCC(=O)C[C@@]1(C)CC=C2C(CCC3=CC(=O)CC[C@@]32C)C1CCCO. The molecule has 0 aromatic heterocycles. The second-order valence-corrected chi connectivity index (χ2v) is 9.91. The highest BCUT2D eigenvalue weighted by Gasteiger charge is 2.51. The van der Waals surface area contributed by atoms with Gasteiger partial charge in [-0.2, -0.15) is 0 Å². The Morgan fingerprint density at radius 3 is 2.73 bits per heavy atom. The van der Waals surface area contributed by atoms with E-state index in [1.54, 1.807) is 0 Å². The van der Waals surface area contributed by atoms with Crippen LogP contribution in [0, 0.1) is 22.7 Å². The van der Waals surface area contributed by atoms with Crippen LogP contribution in [0.15, 0.2) is 23.3 Å². The molecule has 0 amide bonds. The van der Waals surface area contributed by atoms with Gasteiger partial charge in [-0.1, -0.05) is 31.1 Å². The molecule has 3 rings (SSSR count). The molecule has 4 atom stereocenters. The van der Waals surface area contributed by atoms with Crippen LogP contribution in [-0.2, 0) is 19.1 Å². The Kier molecular flexibility index (Phi) is 7.01. The Bertz CT molecular complexity index is 764. The molecule has 0 aliphatic heterocycles. The first-order valence-corrected chi connectivity index (χ1v) is 11.4. The largest absolute Gasteiger partial charge is 0.465 e. The lowest BCUT2D eigenvalue weighted by molar-refractivity contribution is -0.141. The van der Waals surface area contributed by atoms with Crippen molar-refractivity contribution in [2.45, 2.75) is 78.6 Å². The molecule has 1 N–H and O–H groups in total. The molecule has 0 saturated heterocycles. The highest BCUT2D eigenvalue weighted by atomic mass is 16.5. The lowest BCUT2D eigenvalue weighted by Gasteiger charge is -2.54. The van der Waals surface area contributed by atoms with Gasteiger partial charge in [0.05, 0.1) is 6.61 Å². The zero-order valence-corrected chi connectivity index (χ0v) is 18.7. The minimum Gasteiger partial charge on any atom is -0.465 e. The van der Waals surface area contributed by atoms with E-state index in [4.69, 9.17) is 4.74 Å². The normalized spacial score (nSPS) is 33.1. The van der Waals surface area contributed by atoms with Gasteiger partial charge in [-0.15, -0.1) is 0 Å². The molecule has 30 heavy (non-hydrogen) atoms. The minimum atomic E-state index is -0.356. The Morgan fingerprint density at radius 2 is 2.03 bits per heavy atom. The van der Waals surface area contributed by atoms with E-state index < -0.39 is 0 Å². The van der Waals surface area contributed by atoms with E-state index in [1.807, 2.05) is 6.08 Å². The average molecular weight is 417 g/mol. The van der Waals surface area contributed by atoms with Gasteiger partial charge in [-0.05, 0) is 61.9 Å². The van der Waals surface area contributed by atoms with E-state index >= 15 is 0 Å². The van der Waals surface area contributed by atoms with Crippen molar-refractivity contribution < 1.29 is 24.2 Å². The molecule has 0 heterocycles. The first-order valence-electron chi connectivity index (χ1n) is 11.4. The number of rotatable bonds is 8.